The van der Waals surface area contributed by atoms with Gasteiger partial charge in [0.2, 0.25) is 0 Å². The first-order valence-corrected chi connectivity index (χ1v) is 9.44. The van der Waals surface area contributed by atoms with E-state index in [1.165, 1.54) is 0 Å². The number of allylic oxidation sites excluding steroid dienone is 1. The maximum Gasteiger partial charge on any atom is 0.256 e. The Morgan fingerprint density at radius 1 is 1.00 bits per heavy atom. The zero-order chi connectivity index (χ0) is 20.2. The zero-order valence-electron chi connectivity index (χ0n) is 16.3. The molecule has 5 nitrogen and oxygen atoms in total. The van der Waals surface area contributed by atoms with Gasteiger partial charge in [0, 0.05) is 41.8 Å². The predicted molar refractivity (Wildman–Crippen MR) is 116 cm³/mol. The number of carbonyl (C=O) groups is 1. The lowest BCUT2D eigenvalue weighted by Crippen LogP contribution is -2.13. The average Bonchev–Trinajstić information content (AvgIpc) is 2.76. The molecule has 0 aliphatic carbocycles. The fraction of sp³-hybridized carbons (Fsp3) is 0.125. The van der Waals surface area contributed by atoms with Crippen molar-refractivity contribution in [1.82, 2.24) is 4.98 Å². The number of benzene rings is 2. The van der Waals surface area contributed by atoms with Crippen molar-refractivity contribution >= 4 is 23.6 Å². The first-order chi connectivity index (χ1) is 14.1. The van der Waals surface area contributed by atoms with Gasteiger partial charge >= 0.3 is 0 Å². The molecule has 0 saturated heterocycles. The Bertz CT molecular complexity index is 1120. The van der Waals surface area contributed by atoms with E-state index in [4.69, 9.17) is 4.84 Å². The number of nitrogens with one attached hydrogen (secondary N) is 1. The molecule has 29 heavy (non-hydrogen) atoms. The van der Waals surface area contributed by atoms with Crippen molar-refractivity contribution in [3.8, 4) is 11.1 Å². The Kier molecular flexibility index (Phi) is 5.20. The van der Waals surface area contributed by atoms with Crippen molar-refractivity contribution in [2.24, 2.45) is 5.16 Å². The highest BCUT2D eigenvalue weighted by molar-refractivity contribution is 6.05. The molecule has 0 radical (unpaired) electrons. The zero-order valence-corrected chi connectivity index (χ0v) is 16.3. The van der Waals surface area contributed by atoms with Crippen LogP contribution in [-0.4, -0.2) is 17.1 Å². The molecular formula is C24H21N3O2. The molecule has 5 heteroatoms. The molecule has 1 aliphatic heterocycles. The number of hydrogen-bond donors (Lipinski definition) is 1. The summed E-state index contributed by atoms with van der Waals surface area (Å²) in [5, 5.41) is 6.84. The Balaban J connectivity index is 1.56. The third-order valence-electron chi connectivity index (χ3n) is 4.88. The van der Waals surface area contributed by atoms with Crippen LogP contribution in [0.15, 0.2) is 72.2 Å². The van der Waals surface area contributed by atoms with Crippen LogP contribution in [0.1, 0.15) is 33.5 Å². The topological polar surface area (TPSA) is 63.6 Å². The van der Waals surface area contributed by atoms with Gasteiger partial charge in [-0.05, 0) is 66.4 Å². The van der Waals surface area contributed by atoms with Crippen LogP contribution in [0, 0.1) is 13.8 Å². The van der Waals surface area contributed by atoms with Crippen LogP contribution in [0.2, 0.25) is 0 Å². The van der Waals surface area contributed by atoms with Gasteiger partial charge in [-0.2, -0.15) is 0 Å². The Morgan fingerprint density at radius 3 is 2.52 bits per heavy atom. The largest absolute Gasteiger partial charge is 0.357 e. The van der Waals surface area contributed by atoms with Gasteiger partial charge in [-0.25, -0.2) is 0 Å². The van der Waals surface area contributed by atoms with Crippen LogP contribution in [0.5, 0.6) is 0 Å². The highest BCUT2D eigenvalue weighted by atomic mass is 16.6. The fourth-order valence-corrected chi connectivity index (χ4v) is 3.25. The molecule has 1 amide bonds. The summed E-state index contributed by atoms with van der Waals surface area (Å²) in [4.78, 5) is 21.9. The van der Waals surface area contributed by atoms with E-state index in [0.29, 0.717) is 5.56 Å². The van der Waals surface area contributed by atoms with Gasteiger partial charge in [0.1, 0.15) is 0 Å². The average molecular weight is 383 g/mol. The number of aromatic nitrogens is 1. The minimum Gasteiger partial charge on any atom is -0.357 e. The second kappa shape index (κ2) is 8.10. The summed E-state index contributed by atoms with van der Waals surface area (Å²) in [6, 6.07) is 15.8. The Morgan fingerprint density at radius 2 is 1.79 bits per heavy atom. The molecule has 0 atom stereocenters. The fourth-order valence-electron chi connectivity index (χ4n) is 3.25. The maximum absolute atomic E-state index is 12.5. The highest BCUT2D eigenvalue weighted by Gasteiger charge is 2.11. The highest BCUT2D eigenvalue weighted by Crippen LogP contribution is 2.29. The summed E-state index contributed by atoms with van der Waals surface area (Å²) in [6.45, 7) is 3.95. The first kappa shape index (κ1) is 18.6. The van der Waals surface area contributed by atoms with Gasteiger partial charge in [-0.15, -0.1) is 0 Å². The van der Waals surface area contributed by atoms with Crippen molar-refractivity contribution < 1.29 is 9.63 Å². The van der Waals surface area contributed by atoms with Crippen LogP contribution in [0.3, 0.4) is 0 Å². The van der Waals surface area contributed by atoms with Crippen molar-refractivity contribution in [2.75, 3.05) is 5.32 Å². The number of hydrogen-bond acceptors (Lipinski definition) is 4. The number of anilines is 1. The molecule has 0 bridgehead atoms. The van der Waals surface area contributed by atoms with Gasteiger partial charge < -0.3 is 10.2 Å². The standard InChI is InChI=1S/C24H21N3O2/c1-16-5-6-19(23-4-3-12-26-29-23)14-22(16)18-7-9-20(10-8-18)27-24(28)21-11-13-25-15-17(21)2/h4-15H,3H2,1-2H3,(H,27,28). The minimum absolute atomic E-state index is 0.141. The molecule has 0 saturated carbocycles. The van der Waals surface area contributed by atoms with Crippen molar-refractivity contribution in [3.05, 3.63) is 89.3 Å². The molecule has 3 aromatic rings. The molecule has 2 heterocycles. The van der Waals surface area contributed by atoms with Crippen LogP contribution in [0.25, 0.3) is 16.9 Å². The lowest BCUT2D eigenvalue weighted by atomic mass is 9.97. The molecule has 1 N–H and O–H groups in total. The molecule has 4 rings (SSSR count). The van der Waals surface area contributed by atoms with E-state index in [0.717, 1.165) is 45.7 Å². The second-order valence-electron chi connectivity index (χ2n) is 6.94. The van der Waals surface area contributed by atoms with Crippen molar-refractivity contribution in [2.45, 2.75) is 20.3 Å². The van der Waals surface area contributed by atoms with Crippen LogP contribution >= 0.6 is 0 Å². The van der Waals surface area contributed by atoms with Gasteiger partial charge in [-0.1, -0.05) is 29.4 Å². The molecule has 0 spiro atoms. The molecule has 0 unspecified atom stereocenters. The van der Waals surface area contributed by atoms with E-state index in [1.54, 1.807) is 24.7 Å². The molecular weight excluding hydrogens is 362 g/mol. The first-order valence-electron chi connectivity index (χ1n) is 9.44. The summed E-state index contributed by atoms with van der Waals surface area (Å²) < 4.78 is 0. The van der Waals surface area contributed by atoms with E-state index >= 15 is 0 Å². The van der Waals surface area contributed by atoms with E-state index in [1.807, 2.05) is 43.3 Å². The predicted octanol–water partition coefficient (Wildman–Crippen LogP) is 5.36. The van der Waals surface area contributed by atoms with E-state index in [2.05, 4.69) is 34.5 Å². The third-order valence-corrected chi connectivity index (χ3v) is 4.88. The minimum atomic E-state index is -0.141. The summed E-state index contributed by atoms with van der Waals surface area (Å²) in [5.41, 5.74) is 6.56. The Hall–Kier alpha value is -3.73. The third kappa shape index (κ3) is 4.09. The van der Waals surface area contributed by atoms with E-state index in [9.17, 15) is 4.79 Å². The lowest BCUT2D eigenvalue weighted by molar-refractivity contribution is 0.102. The number of pyridine rings is 1. The van der Waals surface area contributed by atoms with E-state index in [-0.39, 0.29) is 5.91 Å². The normalized spacial score (nSPS) is 12.8. The second-order valence-corrected chi connectivity index (χ2v) is 6.94. The summed E-state index contributed by atoms with van der Waals surface area (Å²) >= 11 is 0. The number of amides is 1. The lowest BCUT2D eigenvalue weighted by Gasteiger charge is -2.13. The molecule has 144 valence electrons. The maximum atomic E-state index is 12.5. The monoisotopic (exact) mass is 383 g/mol. The van der Waals surface area contributed by atoms with Crippen molar-refractivity contribution in [3.63, 3.8) is 0 Å². The number of oxime groups is 1. The summed E-state index contributed by atoms with van der Waals surface area (Å²) in [6.07, 6.45) is 7.83. The van der Waals surface area contributed by atoms with Crippen LogP contribution in [0.4, 0.5) is 5.69 Å². The number of aryl methyl sites for hydroxylation is 2. The summed E-state index contributed by atoms with van der Waals surface area (Å²) in [5.74, 6) is 0.628. The molecule has 2 aromatic carbocycles. The molecule has 0 fully saturated rings. The van der Waals surface area contributed by atoms with Gasteiger partial charge in [0.05, 0.1) is 0 Å². The van der Waals surface area contributed by atoms with Crippen LogP contribution < -0.4 is 5.32 Å². The molecule has 1 aromatic heterocycles. The molecule has 1 aliphatic rings. The number of nitrogens with zero attached hydrogens (tertiary/aromatic N) is 2. The number of carbonyl (C=O) groups excluding carboxylic acids is 1. The van der Waals surface area contributed by atoms with E-state index < -0.39 is 0 Å². The SMILES string of the molecule is Cc1cnccc1C(=O)Nc1ccc(-c2cc(C3=CCC=NO3)ccc2C)cc1. The summed E-state index contributed by atoms with van der Waals surface area (Å²) in [7, 11) is 0. The Labute approximate surface area is 169 Å². The van der Waals surface area contributed by atoms with Gasteiger partial charge in [0.15, 0.2) is 5.76 Å². The van der Waals surface area contributed by atoms with Crippen LogP contribution in [-0.2, 0) is 4.84 Å². The number of rotatable bonds is 4. The van der Waals surface area contributed by atoms with Gasteiger partial charge in [-0.3, -0.25) is 9.78 Å². The smallest absolute Gasteiger partial charge is 0.256 e. The van der Waals surface area contributed by atoms with Gasteiger partial charge in [0.25, 0.3) is 5.91 Å². The van der Waals surface area contributed by atoms with Crippen molar-refractivity contribution in [1.29, 1.82) is 0 Å². The quantitative estimate of drug-likeness (QED) is 0.659.